The Hall–Kier alpha value is -1.85. The smallest absolute Gasteiger partial charge is 0.271 e. The summed E-state index contributed by atoms with van der Waals surface area (Å²) in [6.45, 7) is 4.13. The Morgan fingerprint density at radius 2 is 2.00 bits per heavy atom. The summed E-state index contributed by atoms with van der Waals surface area (Å²) in [5, 5.41) is 9.30. The summed E-state index contributed by atoms with van der Waals surface area (Å²) in [6, 6.07) is 1.72. The molecule has 1 rings (SSSR count). The number of amides is 2. The minimum absolute atomic E-state index is 0.108. The van der Waals surface area contributed by atoms with Crippen molar-refractivity contribution >= 4 is 11.8 Å². The average molecular weight is 224 g/mol. The van der Waals surface area contributed by atoms with Crippen LogP contribution in [0.4, 0.5) is 0 Å². The number of hydrogen-bond donors (Lipinski definition) is 2. The van der Waals surface area contributed by atoms with E-state index in [1.165, 1.54) is 6.92 Å². The maximum Gasteiger partial charge on any atom is 0.271 e. The molecule has 1 heterocycles. The molecule has 88 valence electrons. The lowest BCUT2D eigenvalue weighted by molar-refractivity contribution is -0.118. The molecule has 16 heavy (non-hydrogen) atoms. The van der Waals surface area contributed by atoms with Gasteiger partial charge in [0.15, 0.2) is 0 Å². The fourth-order valence-electron chi connectivity index (χ4n) is 1.18. The van der Waals surface area contributed by atoms with Crippen molar-refractivity contribution in [1.29, 1.82) is 0 Å². The molecule has 6 heteroatoms. The molecule has 0 aromatic carbocycles. The second-order valence-electron chi connectivity index (χ2n) is 3.53. The zero-order valence-electron chi connectivity index (χ0n) is 9.70. The number of hydrogen-bond acceptors (Lipinski definition) is 3. The lowest BCUT2D eigenvalue weighted by atomic mass is 10.3. The van der Waals surface area contributed by atoms with E-state index in [0.717, 1.165) is 5.69 Å². The molecule has 6 nitrogen and oxygen atoms in total. The lowest BCUT2D eigenvalue weighted by Crippen LogP contribution is -2.33. The number of carbonyl (C=O) groups excluding carboxylic acids is 2. The minimum atomic E-state index is -0.228. The summed E-state index contributed by atoms with van der Waals surface area (Å²) in [6.07, 6.45) is 0. The highest BCUT2D eigenvalue weighted by Crippen LogP contribution is 2.00. The largest absolute Gasteiger partial charge is 0.355 e. The van der Waals surface area contributed by atoms with E-state index in [9.17, 15) is 9.59 Å². The van der Waals surface area contributed by atoms with Gasteiger partial charge in [-0.3, -0.25) is 14.3 Å². The number of aromatic nitrogens is 2. The summed E-state index contributed by atoms with van der Waals surface area (Å²) >= 11 is 0. The van der Waals surface area contributed by atoms with Gasteiger partial charge in [-0.25, -0.2) is 0 Å². The molecule has 0 saturated heterocycles. The second-order valence-corrected chi connectivity index (χ2v) is 3.53. The number of nitrogens with zero attached hydrogens (tertiary/aromatic N) is 2. The normalized spacial score (nSPS) is 9.94. The molecule has 0 aliphatic heterocycles. The van der Waals surface area contributed by atoms with Crippen molar-refractivity contribution in [2.45, 2.75) is 13.8 Å². The summed E-state index contributed by atoms with van der Waals surface area (Å²) in [5.41, 5.74) is 1.31. The van der Waals surface area contributed by atoms with Gasteiger partial charge in [0.1, 0.15) is 5.69 Å². The Morgan fingerprint density at radius 1 is 1.38 bits per heavy atom. The van der Waals surface area contributed by atoms with Crippen molar-refractivity contribution in [1.82, 2.24) is 20.4 Å². The Kier molecular flexibility index (Phi) is 4.04. The standard InChI is InChI=1S/C10H16N4O2/c1-7-6-9(13-14(7)3)10(16)12-5-4-11-8(2)15/h6H,4-5H2,1-3H3,(H,11,15)(H,12,16). The van der Waals surface area contributed by atoms with Gasteiger partial charge in [-0.15, -0.1) is 0 Å². The van der Waals surface area contributed by atoms with Crippen LogP contribution in [0, 0.1) is 6.92 Å². The molecular formula is C10H16N4O2. The van der Waals surface area contributed by atoms with Gasteiger partial charge >= 0.3 is 0 Å². The van der Waals surface area contributed by atoms with Crippen LogP contribution in [0.3, 0.4) is 0 Å². The molecule has 0 radical (unpaired) electrons. The third-order valence-corrected chi connectivity index (χ3v) is 2.13. The topological polar surface area (TPSA) is 76.0 Å². The van der Waals surface area contributed by atoms with Crippen LogP contribution in [0.2, 0.25) is 0 Å². The molecule has 0 fully saturated rings. The van der Waals surface area contributed by atoms with Crippen LogP contribution in [0.25, 0.3) is 0 Å². The van der Waals surface area contributed by atoms with Crippen LogP contribution >= 0.6 is 0 Å². The molecule has 0 spiro atoms. The van der Waals surface area contributed by atoms with Crippen LogP contribution in [0.5, 0.6) is 0 Å². The van der Waals surface area contributed by atoms with Crippen LogP contribution in [0.1, 0.15) is 23.1 Å². The van der Waals surface area contributed by atoms with Gasteiger partial charge in [0.05, 0.1) is 0 Å². The first kappa shape index (κ1) is 12.2. The van der Waals surface area contributed by atoms with Gasteiger partial charge in [-0.05, 0) is 13.0 Å². The molecule has 2 amide bonds. The van der Waals surface area contributed by atoms with Gasteiger partial charge in [0.2, 0.25) is 5.91 Å². The maximum atomic E-state index is 11.6. The zero-order chi connectivity index (χ0) is 12.1. The van der Waals surface area contributed by atoms with Crippen LogP contribution in [-0.4, -0.2) is 34.7 Å². The molecule has 0 aliphatic rings. The predicted octanol–water partition coefficient (Wildman–Crippen LogP) is -0.406. The van der Waals surface area contributed by atoms with Gasteiger partial charge < -0.3 is 10.6 Å². The molecule has 0 bridgehead atoms. The summed E-state index contributed by atoms with van der Waals surface area (Å²) in [7, 11) is 1.78. The first-order valence-electron chi connectivity index (χ1n) is 5.04. The number of nitrogens with one attached hydrogen (secondary N) is 2. The van der Waals surface area contributed by atoms with Crippen molar-refractivity contribution in [3.05, 3.63) is 17.5 Å². The summed E-state index contributed by atoms with van der Waals surface area (Å²) in [5.74, 6) is -0.336. The van der Waals surface area contributed by atoms with E-state index in [1.54, 1.807) is 17.8 Å². The average Bonchev–Trinajstić information content (AvgIpc) is 2.54. The zero-order valence-corrected chi connectivity index (χ0v) is 9.70. The molecule has 0 atom stereocenters. The van der Waals surface area contributed by atoms with Crippen LogP contribution in [-0.2, 0) is 11.8 Å². The minimum Gasteiger partial charge on any atom is -0.355 e. The maximum absolute atomic E-state index is 11.6. The van der Waals surface area contributed by atoms with Crippen molar-refractivity contribution in [2.24, 2.45) is 7.05 Å². The predicted molar refractivity (Wildman–Crippen MR) is 59.0 cm³/mol. The molecule has 2 N–H and O–H groups in total. The van der Waals surface area contributed by atoms with Gasteiger partial charge in [-0.2, -0.15) is 5.10 Å². The van der Waals surface area contributed by atoms with E-state index in [1.807, 2.05) is 6.92 Å². The SMILES string of the molecule is CC(=O)NCCNC(=O)c1cc(C)n(C)n1. The van der Waals surface area contributed by atoms with E-state index < -0.39 is 0 Å². The van der Waals surface area contributed by atoms with Crippen molar-refractivity contribution in [2.75, 3.05) is 13.1 Å². The first-order valence-corrected chi connectivity index (χ1v) is 5.04. The molecule has 1 aromatic rings. The van der Waals surface area contributed by atoms with Crippen molar-refractivity contribution in [3.8, 4) is 0 Å². The molecule has 0 saturated carbocycles. The molecule has 0 aliphatic carbocycles. The third kappa shape index (κ3) is 3.38. The number of aryl methyl sites for hydroxylation is 2. The first-order chi connectivity index (χ1) is 7.50. The Balaban J connectivity index is 2.38. The number of carbonyl (C=O) groups is 2. The Bertz CT molecular complexity index is 378. The van der Waals surface area contributed by atoms with Crippen LogP contribution < -0.4 is 10.6 Å². The van der Waals surface area contributed by atoms with Crippen molar-refractivity contribution < 1.29 is 9.59 Å². The van der Waals surface area contributed by atoms with Gasteiger partial charge in [0.25, 0.3) is 5.91 Å². The van der Waals surface area contributed by atoms with E-state index in [-0.39, 0.29) is 11.8 Å². The monoisotopic (exact) mass is 224 g/mol. The Morgan fingerprint density at radius 3 is 2.50 bits per heavy atom. The van der Waals surface area contributed by atoms with Gasteiger partial charge in [0, 0.05) is 32.8 Å². The fourth-order valence-corrected chi connectivity index (χ4v) is 1.18. The van der Waals surface area contributed by atoms with E-state index in [4.69, 9.17) is 0 Å². The highest BCUT2D eigenvalue weighted by Gasteiger charge is 2.09. The Labute approximate surface area is 94.0 Å². The molecular weight excluding hydrogens is 208 g/mol. The second kappa shape index (κ2) is 5.29. The fraction of sp³-hybridized carbons (Fsp3) is 0.500. The van der Waals surface area contributed by atoms with Crippen molar-refractivity contribution in [3.63, 3.8) is 0 Å². The number of rotatable bonds is 4. The van der Waals surface area contributed by atoms with E-state index >= 15 is 0 Å². The third-order valence-electron chi connectivity index (χ3n) is 2.13. The lowest BCUT2D eigenvalue weighted by Gasteiger charge is -2.03. The van der Waals surface area contributed by atoms with Crippen LogP contribution in [0.15, 0.2) is 6.07 Å². The molecule has 0 unspecified atom stereocenters. The van der Waals surface area contributed by atoms with E-state index in [0.29, 0.717) is 18.8 Å². The summed E-state index contributed by atoms with van der Waals surface area (Å²) < 4.78 is 1.64. The highest BCUT2D eigenvalue weighted by atomic mass is 16.2. The quantitative estimate of drug-likeness (QED) is 0.683. The van der Waals surface area contributed by atoms with Gasteiger partial charge in [-0.1, -0.05) is 0 Å². The van der Waals surface area contributed by atoms with E-state index in [2.05, 4.69) is 15.7 Å². The molecule has 1 aromatic heterocycles. The summed E-state index contributed by atoms with van der Waals surface area (Å²) in [4.78, 5) is 22.1. The highest BCUT2D eigenvalue weighted by molar-refractivity contribution is 5.92.